The standard InChI is InChI=1S/C45H36NO.C13H12N.Ir/c1-27-22-39(28(2)21-38(27)33-17-15-31(16-18-33)30-9-4-5-10-30)40-24-43(46-26-29(40)3)37-14-8-13-36-42-23-34-20-19-32-11-6-7-12-35(32)41(34)25-44(42)47-45(36)37;1-10-3-6-12(7-4-10)13-8-5-11(2)9-14-13;/h6-8,11-13,15-26,30H,4-5,9-10H2,1-3H3;3-6,8-9H,1-2H3;/q2*-1;/i1D3,2D3,3D3,30D;1D3,2D3;. The van der Waals surface area contributed by atoms with Crippen LogP contribution in [0.1, 0.15) is 86.9 Å². The van der Waals surface area contributed by atoms with E-state index in [2.05, 4.69) is 52.4 Å². The molecule has 3 aromatic heterocycles. The molecule has 0 amide bonds. The first-order chi connectivity index (χ1) is 36.2. The molecule has 62 heavy (non-hydrogen) atoms. The summed E-state index contributed by atoms with van der Waals surface area (Å²) in [4.78, 5) is 8.65. The fourth-order valence-electron chi connectivity index (χ4n) is 8.42. The van der Waals surface area contributed by atoms with Crippen LogP contribution < -0.4 is 0 Å². The quantitative estimate of drug-likeness (QED) is 0.127. The molecule has 4 heteroatoms. The number of furan rings is 1. The summed E-state index contributed by atoms with van der Waals surface area (Å²) < 4.78 is 136. The van der Waals surface area contributed by atoms with Crippen molar-refractivity contribution in [2.75, 3.05) is 0 Å². The minimum absolute atomic E-state index is 0. The third kappa shape index (κ3) is 7.90. The van der Waals surface area contributed by atoms with Crippen LogP contribution in [0.15, 0.2) is 150 Å². The molecule has 1 radical (unpaired) electrons. The zero-order chi connectivity index (χ0) is 55.0. The van der Waals surface area contributed by atoms with E-state index in [-0.39, 0.29) is 70.3 Å². The molecule has 0 atom stereocenters. The number of nitrogens with zero attached hydrogens (tertiary/aromatic N) is 2. The zero-order valence-corrected chi connectivity index (χ0v) is 35.7. The molecule has 1 aliphatic carbocycles. The Morgan fingerprint density at radius 1 is 0.597 bits per heavy atom. The Morgan fingerprint density at radius 2 is 1.35 bits per heavy atom. The molecular formula is C58H48IrN2O-2. The van der Waals surface area contributed by atoms with Crippen LogP contribution in [0.5, 0.6) is 0 Å². The molecule has 0 aliphatic heterocycles. The number of pyridine rings is 2. The van der Waals surface area contributed by atoms with Crippen molar-refractivity contribution in [3.8, 4) is 44.8 Å². The smallest absolute Gasteiger partial charge is 0.121 e. The van der Waals surface area contributed by atoms with E-state index < -0.39 is 40.2 Å². The second-order valence-corrected chi connectivity index (χ2v) is 15.4. The van der Waals surface area contributed by atoms with Gasteiger partial charge in [-0.25, -0.2) is 0 Å². The van der Waals surface area contributed by atoms with Crippen LogP contribution in [-0.2, 0) is 20.1 Å². The van der Waals surface area contributed by atoms with Gasteiger partial charge in [-0.15, -0.1) is 53.6 Å². The minimum atomic E-state index is -2.77. The van der Waals surface area contributed by atoms with E-state index in [9.17, 15) is 0 Å². The summed E-state index contributed by atoms with van der Waals surface area (Å²) in [6.07, 6.45) is 5.91. The van der Waals surface area contributed by atoms with Gasteiger partial charge in [0.05, 0.1) is 5.58 Å². The van der Waals surface area contributed by atoms with Gasteiger partial charge in [0.15, 0.2) is 0 Å². The molecule has 7 aromatic carbocycles. The second kappa shape index (κ2) is 17.3. The SMILES string of the molecule is [2H]C([2H])([2H])c1c[c-]c(-c2ccc(C([2H])([2H])[2H])cn2)cc1.[2H]C([2H])([2H])c1cc(-c2cc(-c3[c-]ccc4c3oc3cc5c(ccc6ccccc65)cc34)ncc2C([2H])([2H])[2H])c(C([2H])([2H])[2H])cc1-c1ccc(C2([2H])CCCC2)cc1.[Ir]. The molecule has 10 aromatic rings. The number of aromatic nitrogens is 2. The molecule has 0 saturated heterocycles. The summed E-state index contributed by atoms with van der Waals surface area (Å²) in [5.41, 5.74) is 4.33. The first-order valence-electron chi connectivity index (χ1n) is 28.2. The van der Waals surface area contributed by atoms with Crippen LogP contribution in [0, 0.1) is 46.4 Å². The van der Waals surface area contributed by atoms with Crippen LogP contribution in [0.25, 0.3) is 88.3 Å². The molecule has 3 nitrogen and oxygen atoms in total. The van der Waals surface area contributed by atoms with E-state index in [1.165, 1.54) is 48.8 Å². The van der Waals surface area contributed by atoms with Crippen molar-refractivity contribution >= 4 is 43.5 Å². The number of aryl methyl sites for hydroxylation is 5. The molecule has 0 spiro atoms. The van der Waals surface area contributed by atoms with Crippen LogP contribution >= 0.6 is 0 Å². The number of rotatable bonds is 5. The Balaban J connectivity index is 0.000000297. The monoisotopic (exact) mass is 997 g/mol. The van der Waals surface area contributed by atoms with Crippen LogP contribution in [0.3, 0.4) is 0 Å². The van der Waals surface area contributed by atoms with Gasteiger partial charge in [-0.3, -0.25) is 0 Å². The topological polar surface area (TPSA) is 38.9 Å². The molecule has 1 saturated carbocycles. The van der Waals surface area contributed by atoms with Crippen molar-refractivity contribution in [1.82, 2.24) is 9.97 Å². The summed E-state index contributed by atoms with van der Waals surface area (Å²) >= 11 is 0. The summed E-state index contributed by atoms with van der Waals surface area (Å²) in [7, 11) is 0. The molecule has 307 valence electrons. The Bertz CT molecular complexity index is 3800. The van der Waals surface area contributed by atoms with Gasteiger partial charge < -0.3 is 14.4 Å². The molecule has 0 N–H and O–H groups in total. The van der Waals surface area contributed by atoms with Crippen LogP contribution in [0.2, 0.25) is 0 Å². The molecule has 1 aliphatic rings. The summed E-state index contributed by atoms with van der Waals surface area (Å²) in [6, 6.07) is 45.0. The van der Waals surface area contributed by atoms with Gasteiger partial charge in [-0.2, -0.15) is 0 Å². The summed E-state index contributed by atoms with van der Waals surface area (Å²) in [6.45, 7) is -12.5. The van der Waals surface area contributed by atoms with Gasteiger partial charge in [-0.05, 0) is 141 Å². The van der Waals surface area contributed by atoms with Crippen LogP contribution in [0.4, 0.5) is 0 Å². The Hall–Kier alpha value is -6.19. The number of benzene rings is 7. The predicted molar refractivity (Wildman–Crippen MR) is 255 cm³/mol. The molecule has 0 unspecified atom stereocenters. The molecule has 3 heterocycles. The van der Waals surface area contributed by atoms with Crippen molar-refractivity contribution in [2.45, 2.75) is 65.8 Å². The van der Waals surface area contributed by atoms with Gasteiger partial charge in [0.1, 0.15) is 5.58 Å². The maximum absolute atomic E-state index is 8.93. The fourth-order valence-corrected chi connectivity index (χ4v) is 8.42. The van der Waals surface area contributed by atoms with E-state index in [4.69, 9.17) is 26.3 Å². The van der Waals surface area contributed by atoms with Crippen molar-refractivity contribution in [3.63, 3.8) is 0 Å². The average molecular weight is 997 g/mol. The van der Waals surface area contributed by atoms with E-state index in [1.54, 1.807) is 30.3 Å². The third-order valence-corrected chi connectivity index (χ3v) is 11.6. The van der Waals surface area contributed by atoms with Crippen molar-refractivity contribution < 1.29 is 46.5 Å². The number of fused-ring (bicyclic) bond motifs is 6. The second-order valence-electron chi connectivity index (χ2n) is 15.4. The van der Waals surface area contributed by atoms with Gasteiger partial charge in [0.25, 0.3) is 0 Å². The van der Waals surface area contributed by atoms with Gasteiger partial charge in [0.2, 0.25) is 0 Å². The normalized spacial score (nSPS) is 18.1. The number of hydrogen-bond donors (Lipinski definition) is 0. The Morgan fingerprint density at radius 3 is 2.13 bits per heavy atom. The maximum Gasteiger partial charge on any atom is 0.121 e. The first kappa shape index (κ1) is 26.3. The van der Waals surface area contributed by atoms with Gasteiger partial charge in [-0.1, -0.05) is 122 Å². The zero-order valence-electron chi connectivity index (χ0n) is 49.3. The third-order valence-electron chi connectivity index (χ3n) is 11.6. The van der Waals surface area contributed by atoms with E-state index in [0.717, 1.165) is 63.6 Å². The summed E-state index contributed by atoms with van der Waals surface area (Å²) in [5.74, 6) is -0.711. The average Bonchev–Trinajstić information content (AvgIpc) is 4.09. The number of hydrogen-bond acceptors (Lipinski definition) is 3. The summed E-state index contributed by atoms with van der Waals surface area (Å²) in [5, 5.41) is 5.93. The van der Waals surface area contributed by atoms with Crippen molar-refractivity contribution in [1.29, 1.82) is 0 Å². The van der Waals surface area contributed by atoms with Crippen molar-refractivity contribution in [3.05, 3.63) is 191 Å². The molecular weight excluding hydrogens is 933 g/mol. The largest absolute Gasteiger partial charge is 0.501 e. The van der Waals surface area contributed by atoms with E-state index >= 15 is 0 Å². The van der Waals surface area contributed by atoms with Gasteiger partial charge in [0, 0.05) is 59.8 Å². The van der Waals surface area contributed by atoms with E-state index in [1.807, 2.05) is 36.4 Å². The molecule has 0 bridgehead atoms. The van der Waals surface area contributed by atoms with Gasteiger partial charge >= 0.3 is 0 Å². The Labute approximate surface area is 400 Å². The predicted octanol–water partition coefficient (Wildman–Crippen LogP) is 15.8. The minimum Gasteiger partial charge on any atom is -0.501 e. The first-order valence-corrected chi connectivity index (χ1v) is 20.2. The fraction of sp³-hybridized carbons (Fsp3) is 0.172. The van der Waals surface area contributed by atoms with Crippen LogP contribution in [-0.4, -0.2) is 9.97 Å². The Kier molecular flexibility index (Phi) is 7.34. The van der Waals surface area contributed by atoms with E-state index in [0.29, 0.717) is 33.6 Å². The molecule has 11 rings (SSSR count). The van der Waals surface area contributed by atoms with Crippen molar-refractivity contribution in [2.24, 2.45) is 0 Å². The maximum atomic E-state index is 8.93. The molecule has 1 fully saturated rings.